The van der Waals surface area contributed by atoms with Crippen molar-refractivity contribution in [3.8, 4) is 11.5 Å². The van der Waals surface area contributed by atoms with Gasteiger partial charge in [-0.05, 0) is 62.8 Å². The first kappa shape index (κ1) is 20.1. The highest BCUT2D eigenvalue weighted by molar-refractivity contribution is 5.65. The number of aliphatic hydroxyl groups excluding tert-OH is 1. The molecule has 1 aliphatic heterocycles. The van der Waals surface area contributed by atoms with Gasteiger partial charge in [-0.2, -0.15) is 0 Å². The maximum Gasteiger partial charge on any atom is 0.125 e. The first-order valence-corrected chi connectivity index (χ1v) is 10.9. The van der Waals surface area contributed by atoms with Crippen molar-refractivity contribution in [2.75, 3.05) is 5.32 Å². The quantitative estimate of drug-likeness (QED) is 0.659. The number of aromatic hydroxyl groups is 1. The molecule has 4 nitrogen and oxygen atoms in total. The second-order valence-corrected chi connectivity index (χ2v) is 9.06. The smallest absolute Gasteiger partial charge is 0.125 e. The van der Waals surface area contributed by atoms with Crippen LogP contribution in [0.15, 0.2) is 42.5 Å². The lowest BCUT2D eigenvalue weighted by atomic mass is 9.68. The van der Waals surface area contributed by atoms with E-state index >= 15 is 0 Å². The molecular formula is C25H33NO3. The van der Waals surface area contributed by atoms with E-state index in [1.165, 1.54) is 5.56 Å². The van der Waals surface area contributed by atoms with Gasteiger partial charge in [0.1, 0.15) is 11.5 Å². The number of phenols is 1. The van der Waals surface area contributed by atoms with Crippen LogP contribution in [0.25, 0.3) is 0 Å². The minimum absolute atomic E-state index is 0.0259. The van der Waals surface area contributed by atoms with E-state index in [1.807, 2.05) is 12.1 Å². The van der Waals surface area contributed by atoms with Gasteiger partial charge in [0.25, 0.3) is 0 Å². The number of aliphatic hydroxyl groups is 1. The predicted molar refractivity (Wildman–Crippen MR) is 117 cm³/mol. The Hall–Kier alpha value is -2.20. The van der Waals surface area contributed by atoms with Gasteiger partial charge in [0.2, 0.25) is 0 Å². The van der Waals surface area contributed by atoms with Crippen molar-refractivity contribution in [1.29, 1.82) is 0 Å². The Labute approximate surface area is 173 Å². The van der Waals surface area contributed by atoms with Crippen molar-refractivity contribution < 1.29 is 14.9 Å². The summed E-state index contributed by atoms with van der Waals surface area (Å²) in [5, 5.41) is 24.6. The van der Waals surface area contributed by atoms with Crippen molar-refractivity contribution in [2.45, 2.75) is 70.6 Å². The number of fused-ring (bicyclic) bond motifs is 3. The molecule has 2 aromatic carbocycles. The number of anilines is 1. The zero-order valence-corrected chi connectivity index (χ0v) is 17.6. The number of phenolic OH excluding ortho intramolecular Hbond substituents is 1. The fourth-order valence-electron chi connectivity index (χ4n) is 5.13. The predicted octanol–water partition coefficient (Wildman–Crippen LogP) is 5.10. The summed E-state index contributed by atoms with van der Waals surface area (Å²) >= 11 is 0. The molecule has 5 unspecified atom stereocenters. The molecule has 0 amide bonds. The van der Waals surface area contributed by atoms with E-state index in [0.717, 1.165) is 36.9 Å². The molecular weight excluding hydrogens is 362 g/mol. The molecule has 0 radical (unpaired) electrons. The average molecular weight is 396 g/mol. The van der Waals surface area contributed by atoms with Crippen LogP contribution in [0, 0.1) is 11.8 Å². The minimum Gasteiger partial charge on any atom is -0.507 e. The highest BCUT2D eigenvalue weighted by atomic mass is 16.5. The van der Waals surface area contributed by atoms with Gasteiger partial charge in [-0.15, -0.1) is 0 Å². The zero-order chi connectivity index (χ0) is 20.5. The van der Waals surface area contributed by atoms with Crippen LogP contribution >= 0.6 is 0 Å². The van der Waals surface area contributed by atoms with Gasteiger partial charge in [0.05, 0.1) is 12.2 Å². The molecule has 0 bridgehead atoms. The molecule has 0 saturated heterocycles. The zero-order valence-electron chi connectivity index (χ0n) is 17.6. The minimum atomic E-state index is -0.274. The maximum absolute atomic E-state index is 10.8. The van der Waals surface area contributed by atoms with Crippen LogP contribution in [-0.2, 0) is 6.42 Å². The van der Waals surface area contributed by atoms with Crippen LogP contribution in [0.4, 0.5) is 5.69 Å². The van der Waals surface area contributed by atoms with E-state index < -0.39 is 0 Å². The standard InChI is InChI=1S/C25H33NO3/c1-15(11-18-7-5-4-6-8-18)17(3)29-20-13-23-25(24(28)14-20)22-12-19(27)9-10-21(22)16(2)26-23/h4-8,13-17,19,21-22,26-28H,9-12H2,1-3H3/t15?,16?,17-,19?,21?,22?/m1/s1. The first-order chi connectivity index (χ1) is 13.9. The van der Waals surface area contributed by atoms with Gasteiger partial charge >= 0.3 is 0 Å². The lowest BCUT2D eigenvalue weighted by Crippen LogP contribution is -2.40. The van der Waals surface area contributed by atoms with E-state index in [9.17, 15) is 10.2 Å². The summed E-state index contributed by atoms with van der Waals surface area (Å²) in [5.41, 5.74) is 3.20. The summed E-state index contributed by atoms with van der Waals surface area (Å²) in [6.45, 7) is 6.49. The van der Waals surface area contributed by atoms with Gasteiger partial charge in [-0.1, -0.05) is 37.3 Å². The number of nitrogens with one attached hydrogen (secondary N) is 1. The Balaban J connectivity index is 1.51. The van der Waals surface area contributed by atoms with Gasteiger partial charge in [-0.25, -0.2) is 0 Å². The Morgan fingerprint density at radius 2 is 1.90 bits per heavy atom. The maximum atomic E-state index is 10.8. The lowest BCUT2D eigenvalue weighted by Gasteiger charge is -2.43. The summed E-state index contributed by atoms with van der Waals surface area (Å²) in [6.07, 6.45) is 3.27. The van der Waals surface area contributed by atoms with Crippen LogP contribution in [0.5, 0.6) is 11.5 Å². The Morgan fingerprint density at radius 1 is 1.14 bits per heavy atom. The second-order valence-electron chi connectivity index (χ2n) is 9.06. The fourth-order valence-corrected chi connectivity index (χ4v) is 5.13. The molecule has 4 heteroatoms. The van der Waals surface area contributed by atoms with E-state index in [0.29, 0.717) is 23.6 Å². The third-order valence-electron chi connectivity index (χ3n) is 6.93. The van der Waals surface area contributed by atoms with Crippen LogP contribution in [0.2, 0.25) is 0 Å². The summed E-state index contributed by atoms with van der Waals surface area (Å²) in [5.74, 6) is 1.98. The molecule has 1 fully saturated rings. The van der Waals surface area contributed by atoms with Gasteiger partial charge < -0.3 is 20.3 Å². The van der Waals surface area contributed by atoms with Crippen molar-refractivity contribution in [3.63, 3.8) is 0 Å². The molecule has 1 heterocycles. The number of benzene rings is 2. The molecule has 1 saturated carbocycles. The van der Waals surface area contributed by atoms with Crippen LogP contribution in [-0.4, -0.2) is 28.5 Å². The molecule has 1 aliphatic carbocycles. The fraction of sp³-hybridized carbons (Fsp3) is 0.520. The molecule has 0 spiro atoms. The topological polar surface area (TPSA) is 61.7 Å². The molecule has 0 aromatic heterocycles. The van der Waals surface area contributed by atoms with Crippen molar-refractivity contribution >= 4 is 5.69 Å². The monoisotopic (exact) mass is 395 g/mol. The first-order valence-electron chi connectivity index (χ1n) is 10.9. The third kappa shape index (κ3) is 4.23. The molecule has 4 rings (SSSR count). The summed E-state index contributed by atoms with van der Waals surface area (Å²) < 4.78 is 6.24. The highest BCUT2D eigenvalue weighted by Gasteiger charge is 2.40. The molecule has 2 aromatic rings. The number of hydrogen-bond acceptors (Lipinski definition) is 4. The summed E-state index contributed by atoms with van der Waals surface area (Å²) in [6, 6.07) is 14.6. The second kappa shape index (κ2) is 8.27. The molecule has 6 atom stereocenters. The summed E-state index contributed by atoms with van der Waals surface area (Å²) in [7, 11) is 0. The highest BCUT2D eigenvalue weighted by Crippen LogP contribution is 2.50. The SMILES string of the molecule is CC1Nc2cc(O[C@H](C)C(C)Cc3ccccc3)cc(O)c2C2CC(O)CCC12. The van der Waals surface area contributed by atoms with Crippen molar-refractivity contribution in [1.82, 2.24) is 0 Å². The molecule has 3 N–H and O–H groups in total. The van der Waals surface area contributed by atoms with Gasteiger partial charge in [0.15, 0.2) is 0 Å². The molecule has 156 valence electrons. The van der Waals surface area contributed by atoms with E-state index in [4.69, 9.17) is 4.74 Å². The van der Waals surface area contributed by atoms with Crippen molar-refractivity contribution in [2.24, 2.45) is 11.8 Å². The number of hydrogen-bond donors (Lipinski definition) is 3. The molecule has 29 heavy (non-hydrogen) atoms. The molecule has 2 aliphatic rings. The van der Waals surface area contributed by atoms with E-state index in [2.05, 4.69) is 50.4 Å². The lowest BCUT2D eigenvalue weighted by molar-refractivity contribution is 0.0866. The van der Waals surface area contributed by atoms with Crippen LogP contribution in [0.1, 0.15) is 57.1 Å². The third-order valence-corrected chi connectivity index (χ3v) is 6.93. The largest absolute Gasteiger partial charge is 0.507 e. The van der Waals surface area contributed by atoms with Gasteiger partial charge in [-0.3, -0.25) is 0 Å². The van der Waals surface area contributed by atoms with Crippen LogP contribution < -0.4 is 10.1 Å². The van der Waals surface area contributed by atoms with Crippen molar-refractivity contribution in [3.05, 3.63) is 53.6 Å². The summed E-state index contributed by atoms with van der Waals surface area (Å²) in [4.78, 5) is 0. The number of rotatable bonds is 5. The van der Waals surface area contributed by atoms with Gasteiger partial charge in [0, 0.05) is 29.4 Å². The Bertz CT molecular complexity index is 837. The van der Waals surface area contributed by atoms with E-state index in [1.54, 1.807) is 6.07 Å². The Kier molecular flexibility index (Phi) is 5.73. The Morgan fingerprint density at radius 3 is 2.66 bits per heavy atom. The van der Waals surface area contributed by atoms with Crippen LogP contribution in [0.3, 0.4) is 0 Å². The number of ether oxygens (including phenoxy) is 1. The normalized spacial score (nSPS) is 27.9. The average Bonchev–Trinajstić information content (AvgIpc) is 2.68. The van der Waals surface area contributed by atoms with E-state index in [-0.39, 0.29) is 23.9 Å².